The molecule has 1 fully saturated rings. The molecule has 8 N–H and O–H groups in total. The summed E-state index contributed by atoms with van der Waals surface area (Å²) in [6.45, 7) is 53.0. The van der Waals surface area contributed by atoms with Crippen molar-refractivity contribution < 1.29 is 73.4 Å². The molecule has 0 amide bonds. The van der Waals surface area contributed by atoms with Crippen LogP contribution in [0.15, 0.2) is 121 Å². The second-order valence-corrected chi connectivity index (χ2v) is 52.0. The maximum Gasteiger partial charge on any atom is 1.00 e. The van der Waals surface area contributed by atoms with Crippen LogP contribution in [0.25, 0.3) is 0 Å². The standard InChI is InChI=1S/C15H20O2Si.C14H19BrOSi.C14H19BrSi.C11H16N2O.C9H9BrO.C7H5BrO3.C7H6O3.C5H10Si.C4H9.Li/c1-11-9-12(2)14(15(16)17)10-13(11)7-6-8-18(3,4)5;1-10-8-11(2)13(15)9-12(10)14(16)6-7-17(3,4)5;1-11-9-12(2)14(15)10-13(11)7-6-8-16(3,4)5;12-11-3-1-10(2-4-11)9-13-5-7-14-8-6-13;1-6-3-7(2)9(10)4-8(6)5-11;8-5-1-4(3-9)6(10)2-7(5)11;8-4-5-1-2-6(9)3-7(5)10;1-5-6(2,3)4;1-3-4-2;/h9-10H,7H2,1-5H3,(H,16,17);8-9,14,16H,1-5H3;9-10H,7H2,1-5H3;1-4H,5-9,12H2;3-5H,1-2H3;1-3,10-11H;1-4,9-10H;1H,2-4H3;1,3-4H2,2H3;/q;;;;;;;;-1;+1. The van der Waals surface area contributed by atoms with E-state index in [1.54, 1.807) is 6.07 Å². The average molecular weight is 1790 g/mol. The minimum absolute atomic E-state index is 0. The quantitative estimate of drug-likeness (QED) is 0.0223. The number of phenolic OH excluding ortho intramolecular Hbond substituents is 4. The molecular formula is C86H113Br4LiN2O11Si4. The molecular weight excluding hydrogens is 1680 g/mol. The second kappa shape index (κ2) is 51.9. The Labute approximate surface area is 696 Å². The van der Waals surface area contributed by atoms with Crippen molar-refractivity contribution in [2.45, 2.75) is 179 Å². The zero-order chi connectivity index (χ0) is 82.3. The van der Waals surface area contributed by atoms with Crippen LogP contribution in [0.4, 0.5) is 5.69 Å². The summed E-state index contributed by atoms with van der Waals surface area (Å²) >= 11 is 13.4. The van der Waals surface area contributed by atoms with E-state index in [0.29, 0.717) is 29.0 Å². The summed E-state index contributed by atoms with van der Waals surface area (Å²) in [5.41, 5.74) is 34.1. The molecule has 7 aromatic carbocycles. The molecule has 7 aromatic rings. The topological polar surface area (TPSA) is 228 Å². The predicted octanol–water partition coefficient (Wildman–Crippen LogP) is 18.6. The molecule has 0 aromatic heterocycles. The monoisotopic (exact) mass is 1780 g/mol. The van der Waals surface area contributed by atoms with Crippen LogP contribution in [0.3, 0.4) is 0 Å². The Morgan fingerprint density at radius 3 is 1.40 bits per heavy atom. The van der Waals surface area contributed by atoms with Crippen LogP contribution in [0.1, 0.15) is 134 Å². The number of carboxylic acid groups (broad SMARTS) is 1. The van der Waals surface area contributed by atoms with Crippen molar-refractivity contribution >= 4 is 127 Å². The number of aliphatic hydroxyl groups excluding tert-OH is 1. The molecule has 1 aliphatic rings. The fourth-order valence-corrected chi connectivity index (χ4v) is 11.9. The number of hydrogen-bond acceptors (Lipinski definition) is 12. The van der Waals surface area contributed by atoms with Crippen molar-refractivity contribution in [1.82, 2.24) is 4.90 Å². The summed E-state index contributed by atoms with van der Waals surface area (Å²) in [5.74, 6) is 8.05. The minimum atomic E-state index is -1.43. The van der Waals surface area contributed by atoms with E-state index in [0.717, 1.165) is 123 Å². The SMILES string of the molecule is C#C[Si](C)(C)C.Cc1cc(C)c(C(=O)O)cc1CC#C[Si](C)(C)C.Cc1cc(C)c(C(O)C#C[Si](C)(C)C)cc1Br.Cc1cc(C)c(C=O)cc1Br.Cc1cc(C)c(CC#C[Si](C)(C)C)cc1Br.Nc1ccc(CN2CCOCC2)cc1.O=Cc1cc(Br)c(O)cc1O.O=Cc1ccc(O)cc1O.[CH2-]CCC.[Li+]. The third-order valence-corrected chi connectivity index (χ3v) is 21.6. The number of hydrogen-bond donors (Lipinski definition) is 7. The Bertz CT molecular complexity index is 4220. The number of carbonyl (C=O) groups is 4. The number of phenols is 4. The van der Waals surface area contributed by atoms with Gasteiger partial charge in [0.05, 0.1) is 34.4 Å². The number of anilines is 1. The number of terminal acetylenes is 1. The number of aromatic hydroxyl groups is 4. The number of aliphatic hydroxyl groups is 1. The maximum absolute atomic E-state index is 11.1. The van der Waals surface area contributed by atoms with Gasteiger partial charge in [-0.15, -0.1) is 40.4 Å². The Balaban J connectivity index is 0. The summed E-state index contributed by atoms with van der Waals surface area (Å²) in [4.78, 5) is 44.3. The zero-order valence-corrected chi connectivity index (χ0v) is 77.9. The minimum Gasteiger partial charge on any atom is -0.508 e. The first-order valence-corrected chi connectivity index (χ1v) is 52.1. The second-order valence-electron chi connectivity index (χ2n) is 29.6. The smallest absolute Gasteiger partial charge is 0.508 e. The Kier molecular flexibility index (Phi) is 49.8. The number of nitrogens with two attached hydrogens (primary N) is 1. The maximum atomic E-state index is 11.1. The Morgan fingerprint density at radius 2 is 0.963 bits per heavy atom. The summed E-state index contributed by atoms with van der Waals surface area (Å²) in [7, 11) is -5.11. The fraction of sp³-hybridized carbons (Fsp3) is 0.360. The number of aryl methyl sites for hydroxylation is 8. The molecule has 1 aliphatic heterocycles. The van der Waals surface area contributed by atoms with Crippen LogP contribution in [-0.2, 0) is 24.1 Å². The third kappa shape index (κ3) is 45.0. The van der Waals surface area contributed by atoms with Gasteiger partial charge in [-0.2, -0.15) is 6.42 Å². The van der Waals surface area contributed by atoms with Crippen molar-refractivity contribution in [3.63, 3.8) is 0 Å². The number of benzene rings is 7. The van der Waals surface area contributed by atoms with Gasteiger partial charge in [-0.25, -0.2) is 4.79 Å². The molecule has 0 spiro atoms. The predicted molar refractivity (Wildman–Crippen MR) is 472 cm³/mol. The summed E-state index contributed by atoms with van der Waals surface area (Å²) in [6, 6.07) is 30.3. The molecule has 0 saturated carbocycles. The first-order chi connectivity index (χ1) is 49.6. The normalized spacial score (nSPS) is 11.5. The number of morpholine rings is 1. The summed E-state index contributed by atoms with van der Waals surface area (Å²) < 4.78 is 8.88. The van der Waals surface area contributed by atoms with Gasteiger partial charge in [-0.05, 0) is 193 Å². The molecule has 1 heterocycles. The number of nitrogen functional groups attached to an aromatic ring is 1. The molecule has 8 rings (SSSR count). The first-order valence-electron chi connectivity index (χ1n) is 34.9. The summed E-state index contributed by atoms with van der Waals surface area (Å²) in [5, 5.41) is 54.9. The largest absolute Gasteiger partial charge is 1.00 e. The number of unbranched alkanes of at least 4 members (excludes halogenated alkanes) is 1. The van der Waals surface area contributed by atoms with Crippen LogP contribution >= 0.6 is 63.7 Å². The number of aldehydes is 3. The molecule has 1 unspecified atom stereocenters. The third-order valence-electron chi connectivity index (χ3n) is 14.8. The van der Waals surface area contributed by atoms with E-state index >= 15 is 0 Å². The van der Waals surface area contributed by atoms with E-state index in [4.69, 9.17) is 42.4 Å². The van der Waals surface area contributed by atoms with Crippen LogP contribution in [0.5, 0.6) is 23.0 Å². The van der Waals surface area contributed by atoms with Crippen molar-refractivity contribution in [3.8, 4) is 69.4 Å². The number of aromatic carboxylic acids is 1. The molecule has 22 heteroatoms. The van der Waals surface area contributed by atoms with Gasteiger partial charge in [0.15, 0.2) is 12.6 Å². The number of ether oxygens (including phenoxy) is 1. The van der Waals surface area contributed by atoms with E-state index in [-0.39, 0.29) is 53.0 Å². The fourth-order valence-electron chi connectivity index (χ4n) is 8.58. The van der Waals surface area contributed by atoms with Gasteiger partial charge in [0.1, 0.15) is 67.7 Å². The average Bonchev–Trinajstić information content (AvgIpc) is 0.772. The van der Waals surface area contributed by atoms with Gasteiger partial charge in [-0.1, -0.05) is 182 Å². The Hall–Kier alpha value is -6.48. The number of nitrogens with zero attached hydrogens (tertiary/aromatic N) is 1. The molecule has 1 atom stereocenters. The first kappa shape index (κ1) is 104. The van der Waals surface area contributed by atoms with Crippen molar-refractivity contribution in [3.05, 3.63) is 217 Å². The van der Waals surface area contributed by atoms with Crippen molar-refractivity contribution in [1.29, 1.82) is 0 Å². The molecule has 0 aliphatic carbocycles. The van der Waals surface area contributed by atoms with Crippen molar-refractivity contribution in [2.24, 2.45) is 0 Å². The molecule has 108 heavy (non-hydrogen) atoms. The van der Waals surface area contributed by atoms with Crippen LogP contribution in [0.2, 0.25) is 78.6 Å². The number of rotatable bonds is 10. The van der Waals surface area contributed by atoms with E-state index < -0.39 is 44.4 Å². The van der Waals surface area contributed by atoms with Gasteiger partial charge in [0, 0.05) is 69.3 Å². The number of carboxylic acids is 1. The van der Waals surface area contributed by atoms with Crippen LogP contribution < -0.4 is 24.6 Å². The molecule has 0 bridgehead atoms. The Morgan fingerprint density at radius 1 is 0.546 bits per heavy atom. The van der Waals surface area contributed by atoms with E-state index in [2.05, 4.69) is 245 Å². The number of carbonyl (C=O) groups excluding carboxylic acids is 3. The number of halogens is 4. The van der Waals surface area contributed by atoms with Gasteiger partial charge in [-0.3, -0.25) is 19.3 Å². The van der Waals surface area contributed by atoms with Crippen molar-refractivity contribution in [2.75, 3.05) is 32.0 Å². The molecule has 1 saturated heterocycles. The van der Waals surface area contributed by atoms with E-state index in [1.807, 2.05) is 77.9 Å². The van der Waals surface area contributed by atoms with Gasteiger partial charge >= 0.3 is 24.8 Å². The zero-order valence-electron chi connectivity index (χ0n) is 67.5. The summed E-state index contributed by atoms with van der Waals surface area (Å²) in [6.07, 6.45) is 10.1. The van der Waals surface area contributed by atoms with E-state index in [9.17, 15) is 24.3 Å². The molecule has 578 valence electrons. The van der Waals surface area contributed by atoms with E-state index in [1.165, 1.54) is 56.9 Å². The molecule has 0 radical (unpaired) electrons. The van der Waals surface area contributed by atoms with Crippen LogP contribution in [-0.4, -0.2) is 119 Å². The van der Waals surface area contributed by atoms with Gasteiger partial charge in [0.25, 0.3) is 0 Å². The van der Waals surface area contributed by atoms with Gasteiger partial charge < -0.3 is 48.0 Å². The molecule has 13 nitrogen and oxygen atoms in total. The van der Waals surface area contributed by atoms with Gasteiger partial charge in [0.2, 0.25) is 0 Å². The van der Waals surface area contributed by atoms with Crippen LogP contribution in [0, 0.1) is 109 Å².